The van der Waals surface area contributed by atoms with Gasteiger partial charge >= 0.3 is 0 Å². The van der Waals surface area contributed by atoms with Crippen molar-refractivity contribution >= 4 is 0 Å². The highest BCUT2D eigenvalue weighted by Crippen LogP contribution is 2.42. The topological polar surface area (TPSA) is 29.3 Å². The Morgan fingerprint density at radius 1 is 1.55 bits per heavy atom. The molecule has 0 aromatic heterocycles. The third kappa shape index (κ3) is 1.00. The summed E-state index contributed by atoms with van der Waals surface area (Å²) in [6, 6.07) is 0.682. The Kier molecular flexibility index (Phi) is 1.52. The van der Waals surface area contributed by atoms with Crippen LogP contribution in [0, 0.1) is 5.92 Å². The minimum absolute atomic E-state index is 0.213. The fourth-order valence-electron chi connectivity index (χ4n) is 2.32. The van der Waals surface area contributed by atoms with Crippen LogP contribution in [0.4, 0.5) is 0 Å². The van der Waals surface area contributed by atoms with Gasteiger partial charge in [0.1, 0.15) is 0 Å². The molecule has 2 rings (SSSR count). The first-order chi connectivity index (χ1) is 5.12. The lowest BCUT2D eigenvalue weighted by Crippen LogP contribution is -2.54. The Balaban J connectivity index is 2.02. The van der Waals surface area contributed by atoms with Crippen molar-refractivity contribution in [3.63, 3.8) is 0 Å². The van der Waals surface area contributed by atoms with Crippen molar-refractivity contribution in [1.82, 2.24) is 4.90 Å². The molecule has 2 heteroatoms. The Labute approximate surface area is 68.7 Å². The van der Waals surface area contributed by atoms with Crippen molar-refractivity contribution in [3.8, 4) is 0 Å². The fraction of sp³-hybridized carbons (Fsp3) is 1.00. The highest BCUT2D eigenvalue weighted by molar-refractivity contribution is 5.08. The van der Waals surface area contributed by atoms with Crippen molar-refractivity contribution in [1.29, 1.82) is 0 Å². The Morgan fingerprint density at radius 2 is 2.27 bits per heavy atom. The molecule has 0 spiro atoms. The van der Waals surface area contributed by atoms with Gasteiger partial charge in [0, 0.05) is 24.7 Å². The van der Waals surface area contributed by atoms with Crippen molar-refractivity contribution < 1.29 is 0 Å². The van der Waals surface area contributed by atoms with Gasteiger partial charge in [-0.25, -0.2) is 0 Å². The summed E-state index contributed by atoms with van der Waals surface area (Å²) in [7, 11) is 0. The summed E-state index contributed by atoms with van der Waals surface area (Å²) in [5.41, 5.74) is 6.41. The molecule has 2 atom stereocenters. The molecular weight excluding hydrogens is 136 g/mol. The minimum Gasteiger partial charge on any atom is -0.324 e. The van der Waals surface area contributed by atoms with Crippen LogP contribution in [-0.4, -0.2) is 29.6 Å². The third-order valence-electron chi connectivity index (χ3n) is 3.45. The van der Waals surface area contributed by atoms with E-state index in [1.54, 1.807) is 0 Å². The van der Waals surface area contributed by atoms with Gasteiger partial charge in [-0.05, 0) is 32.6 Å². The molecule has 0 bridgehead atoms. The van der Waals surface area contributed by atoms with E-state index in [0.717, 1.165) is 12.5 Å². The molecule has 1 aliphatic heterocycles. The Hall–Kier alpha value is -0.0800. The standard InChI is InChI=1S/C9H18N2/c1-7(2)11-5-8-3-4-9(8,10)6-11/h7-8H,3-6,10H2,1-2H3/t8-,9-/m0/s1. The summed E-state index contributed by atoms with van der Waals surface area (Å²) in [5.74, 6) is 0.810. The van der Waals surface area contributed by atoms with Crippen LogP contribution < -0.4 is 5.73 Å². The predicted octanol–water partition coefficient (Wildman–Crippen LogP) is 0.818. The largest absolute Gasteiger partial charge is 0.324 e. The molecular formula is C9H18N2. The van der Waals surface area contributed by atoms with Gasteiger partial charge in [0.2, 0.25) is 0 Å². The SMILES string of the molecule is CC(C)N1C[C@@H]2CC[C@]2(N)C1. The van der Waals surface area contributed by atoms with Crippen molar-refractivity contribution in [3.05, 3.63) is 0 Å². The van der Waals surface area contributed by atoms with E-state index in [0.29, 0.717) is 6.04 Å². The van der Waals surface area contributed by atoms with Crippen LogP contribution in [0.5, 0.6) is 0 Å². The number of rotatable bonds is 1. The molecule has 0 amide bonds. The highest BCUT2D eigenvalue weighted by atomic mass is 15.2. The molecule has 2 fully saturated rings. The summed E-state index contributed by atoms with van der Waals surface area (Å²) in [6.07, 6.45) is 2.61. The molecule has 0 unspecified atom stereocenters. The van der Waals surface area contributed by atoms with Crippen LogP contribution in [0.1, 0.15) is 26.7 Å². The summed E-state index contributed by atoms with van der Waals surface area (Å²) < 4.78 is 0. The zero-order chi connectivity index (χ0) is 8.06. The van der Waals surface area contributed by atoms with Gasteiger partial charge in [0.05, 0.1) is 0 Å². The summed E-state index contributed by atoms with van der Waals surface area (Å²) in [5, 5.41) is 0. The van der Waals surface area contributed by atoms with Crippen LogP contribution in [-0.2, 0) is 0 Å². The molecule has 64 valence electrons. The third-order valence-corrected chi connectivity index (χ3v) is 3.45. The van der Waals surface area contributed by atoms with E-state index in [4.69, 9.17) is 5.73 Å². The zero-order valence-corrected chi connectivity index (χ0v) is 7.51. The van der Waals surface area contributed by atoms with E-state index in [1.807, 2.05) is 0 Å². The summed E-state index contributed by atoms with van der Waals surface area (Å²) >= 11 is 0. The molecule has 0 aromatic rings. The molecule has 2 N–H and O–H groups in total. The van der Waals surface area contributed by atoms with E-state index in [9.17, 15) is 0 Å². The van der Waals surface area contributed by atoms with Crippen LogP contribution in [0.2, 0.25) is 0 Å². The zero-order valence-electron chi connectivity index (χ0n) is 7.51. The molecule has 2 aliphatic rings. The number of hydrogen-bond acceptors (Lipinski definition) is 2. The van der Waals surface area contributed by atoms with E-state index in [-0.39, 0.29) is 5.54 Å². The van der Waals surface area contributed by atoms with E-state index in [2.05, 4.69) is 18.7 Å². The van der Waals surface area contributed by atoms with Crippen LogP contribution >= 0.6 is 0 Å². The smallest absolute Gasteiger partial charge is 0.0324 e. The lowest BCUT2D eigenvalue weighted by atomic mass is 9.70. The van der Waals surface area contributed by atoms with Crippen molar-refractivity contribution in [2.24, 2.45) is 11.7 Å². The average molecular weight is 154 g/mol. The number of fused-ring (bicyclic) bond motifs is 1. The molecule has 1 saturated heterocycles. The average Bonchev–Trinajstić information content (AvgIpc) is 2.13. The second-order valence-corrected chi connectivity index (χ2v) is 4.49. The maximum Gasteiger partial charge on any atom is 0.0324 e. The highest BCUT2D eigenvalue weighted by Gasteiger charge is 2.50. The van der Waals surface area contributed by atoms with E-state index >= 15 is 0 Å². The molecule has 2 nitrogen and oxygen atoms in total. The molecule has 0 radical (unpaired) electrons. The molecule has 1 aliphatic carbocycles. The van der Waals surface area contributed by atoms with Gasteiger partial charge in [0.15, 0.2) is 0 Å². The lowest BCUT2D eigenvalue weighted by molar-refractivity contribution is 0.188. The minimum atomic E-state index is 0.213. The first kappa shape index (κ1) is 7.56. The first-order valence-corrected chi connectivity index (χ1v) is 4.65. The van der Waals surface area contributed by atoms with Crippen molar-refractivity contribution in [2.45, 2.75) is 38.3 Å². The molecule has 0 aromatic carbocycles. The number of nitrogens with two attached hydrogens (primary N) is 1. The monoisotopic (exact) mass is 154 g/mol. The summed E-state index contributed by atoms with van der Waals surface area (Å²) in [6.45, 7) is 6.89. The second-order valence-electron chi connectivity index (χ2n) is 4.49. The quantitative estimate of drug-likeness (QED) is 0.606. The maximum atomic E-state index is 6.19. The predicted molar refractivity (Wildman–Crippen MR) is 46.4 cm³/mol. The molecule has 1 heterocycles. The van der Waals surface area contributed by atoms with E-state index < -0.39 is 0 Å². The van der Waals surface area contributed by atoms with Crippen LogP contribution in [0.15, 0.2) is 0 Å². The van der Waals surface area contributed by atoms with E-state index in [1.165, 1.54) is 19.4 Å². The van der Waals surface area contributed by atoms with Gasteiger partial charge in [-0.3, -0.25) is 4.90 Å². The number of hydrogen-bond donors (Lipinski definition) is 1. The number of nitrogens with zero attached hydrogens (tertiary/aromatic N) is 1. The summed E-state index contributed by atoms with van der Waals surface area (Å²) in [4.78, 5) is 2.51. The molecule has 1 saturated carbocycles. The van der Waals surface area contributed by atoms with Crippen LogP contribution in [0.25, 0.3) is 0 Å². The van der Waals surface area contributed by atoms with Gasteiger partial charge in [0.25, 0.3) is 0 Å². The van der Waals surface area contributed by atoms with Crippen molar-refractivity contribution in [2.75, 3.05) is 13.1 Å². The lowest BCUT2D eigenvalue weighted by Gasteiger charge is -2.40. The number of likely N-dealkylation sites (tertiary alicyclic amines) is 1. The normalized spacial score (nSPS) is 44.2. The maximum absolute atomic E-state index is 6.19. The van der Waals surface area contributed by atoms with Gasteiger partial charge < -0.3 is 5.73 Å². The Morgan fingerprint density at radius 3 is 2.55 bits per heavy atom. The first-order valence-electron chi connectivity index (χ1n) is 4.65. The fourth-order valence-corrected chi connectivity index (χ4v) is 2.32. The van der Waals surface area contributed by atoms with Gasteiger partial charge in [-0.15, -0.1) is 0 Å². The van der Waals surface area contributed by atoms with Crippen LogP contribution in [0.3, 0.4) is 0 Å². The van der Waals surface area contributed by atoms with Gasteiger partial charge in [-0.2, -0.15) is 0 Å². The Bertz CT molecular complexity index is 167. The second kappa shape index (κ2) is 2.20. The molecule has 11 heavy (non-hydrogen) atoms. The van der Waals surface area contributed by atoms with Gasteiger partial charge in [-0.1, -0.05) is 0 Å².